The molecule has 0 aliphatic rings. The van der Waals surface area contributed by atoms with E-state index in [1.165, 1.54) is 0 Å². The first kappa shape index (κ1) is 90.2. The summed E-state index contributed by atoms with van der Waals surface area (Å²) in [5, 5.41) is 13.9. The Morgan fingerprint density at radius 1 is 0.290 bits per heavy atom. The third-order valence-corrected chi connectivity index (χ3v) is 15.8. The van der Waals surface area contributed by atoms with E-state index in [1.807, 2.05) is 0 Å². The SMILES string of the molecule is CNCC(=O)C[C@H](CCCN=C(N)N)C(=O)N[C@H](CCCN=C(N)N)C(=O)C[C@H](CCCN=C(N)N)C(=O)N[C@H](CCCN=C(N)N)C(=O)C[C@H](CCCN=C(N)N)C(=O)N[C@H](CCCN=C(N)N)C(=O)C[C@H](CCCN=C(N)N)C(=O)N[C@H](CCCN=C(N)N)C(=O)C[C@H](CS)C(N)=O. The van der Waals surface area contributed by atoms with Crippen LogP contribution in [0.25, 0.3) is 0 Å². The van der Waals surface area contributed by atoms with Gasteiger partial charge in [0.05, 0.1) is 36.6 Å². The van der Waals surface area contributed by atoms with Gasteiger partial charge in [-0.05, 0) is 110 Å². The fourth-order valence-corrected chi connectivity index (χ4v) is 10.6. The lowest BCUT2D eigenvalue weighted by molar-refractivity contribution is -0.136. The number of Topliss-reactive ketones (excluding diaryl/α,β-unsaturated/α-hetero) is 5. The predicted octanol–water partition coefficient (Wildman–Crippen LogP) is -8.13. The monoisotopic (exact) mass is 1430 g/mol. The van der Waals surface area contributed by atoms with E-state index in [-0.39, 0.29) is 227 Å². The highest BCUT2D eigenvalue weighted by Crippen LogP contribution is 2.23. The molecule has 0 aliphatic heterocycles. The number of likely N-dealkylation sites (N-methyl/N-ethyl adjacent to an activating group) is 1. The number of hydrogen-bond donors (Lipinski definition) is 23. The lowest BCUT2D eigenvalue weighted by atomic mass is 9.88. The van der Waals surface area contributed by atoms with Gasteiger partial charge in [-0.1, -0.05) is 0 Å². The molecule has 0 rings (SSSR count). The zero-order valence-electron chi connectivity index (χ0n) is 57.5. The van der Waals surface area contributed by atoms with Crippen LogP contribution < -0.4 is 124 Å². The van der Waals surface area contributed by atoms with Crippen LogP contribution in [0.5, 0.6) is 0 Å². The minimum absolute atomic E-state index is 0.00307. The van der Waals surface area contributed by atoms with Crippen LogP contribution in [-0.2, 0) is 47.9 Å². The number of primary amides is 1. The Morgan fingerprint density at radius 3 is 0.660 bits per heavy atom. The molecule has 0 saturated carbocycles. The van der Waals surface area contributed by atoms with Crippen molar-refractivity contribution in [1.82, 2.24) is 26.6 Å². The number of carbonyl (C=O) groups excluding carboxylic acids is 10. The van der Waals surface area contributed by atoms with Crippen molar-refractivity contribution in [3.8, 4) is 0 Å². The summed E-state index contributed by atoms with van der Waals surface area (Å²) in [5.74, 6) is -14.1. The quantitative estimate of drug-likeness (QED) is 0.0116. The topological polar surface area (TPSA) is 772 Å². The van der Waals surface area contributed by atoms with E-state index in [4.69, 9.17) is 97.5 Å². The van der Waals surface area contributed by atoms with Gasteiger partial charge in [0.15, 0.2) is 70.8 Å². The number of carbonyl (C=O) groups is 10. The predicted molar refractivity (Wildman–Crippen MR) is 390 cm³/mol. The van der Waals surface area contributed by atoms with Crippen LogP contribution in [-0.4, -0.2) is 202 Å². The Hall–Kier alpha value is -9.83. The number of guanidine groups is 8. The molecule has 100 heavy (non-hydrogen) atoms. The Kier molecular flexibility index (Phi) is 47.1. The van der Waals surface area contributed by atoms with Crippen molar-refractivity contribution >= 4 is 119 Å². The first-order valence-corrected chi connectivity index (χ1v) is 33.7. The van der Waals surface area contributed by atoms with Crippen molar-refractivity contribution in [3.63, 3.8) is 0 Å². The molecule has 41 heteroatoms. The summed E-state index contributed by atoms with van der Waals surface area (Å²) < 4.78 is 0. The molecule has 566 valence electrons. The number of hydrogen-bond acceptors (Lipinski definition) is 20. The molecule has 0 saturated heterocycles. The summed E-state index contributed by atoms with van der Waals surface area (Å²) in [4.78, 5) is 174. The van der Waals surface area contributed by atoms with Crippen molar-refractivity contribution in [2.24, 2.45) is 167 Å². The zero-order valence-corrected chi connectivity index (χ0v) is 58.4. The smallest absolute Gasteiger partial charge is 0.224 e. The molecule has 0 fully saturated rings. The summed E-state index contributed by atoms with van der Waals surface area (Å²) in [7, 11) is 1.57. The van der Waals surface area contributed by atoms with Gasteiger partial charge in [0.1, 0.15) is 5.78 Å². The Morgan fingerprint density at radius 2 is 0.480 bits per heavy atom. The molecule has 0 aromatic heterocycles. The van der Waals surface area contributed by atoms with Crippen LogP contribution >= 0.6 is 12.6 Å². The molecule has 0 bridgehead atoms. The highest BCUT2D eigenvalue weighted by Gasteiger charge is 2.36. The number of nitrogens with one attached hydrogen (secondary N) is 5. The summed E-state index contributed by atoms with van der Waals surface area (Å²) in [6.45, 7) is 0.254. The lowest BCUT2D eigenvalue weighted by Crippen LogP contribution is -2.49. The summed E-state index contributed by atoms with van der Waals surface area (Å²) >= 11 is 4.17. The zero-order chi connectivity index (χ0) is 75.7. The van der Waals surface area contributed by atoms with E-state index in [1.54, 1.807) is 7.05 Å². The van der Waals surface area contributed by atoms with Gasteiger partial charge in [-0.15, -0.1) is 0 Å². The second-order valence-corrected chi connectivity index (χ2v) is 24.2. The first-order chi connectivity index (χ1) is 47.2. The number of nitrogens with zero attached hydrogens (tertiary/aromatic N) is 8. The molecule has 5 amide bonds. The van der Waals surface area contributed by atoms with Gasteiger partial charge in [-0.25, -0.2) is 0 Å². The number of aliphatic imine (C=N–C) groups is 8. The molecule has 0 radical (unpaired) electrons. The minimum atomic E-state index is -1.38. The number of amides is 5. The first-order valence-electron chi connectivity index (χ1n) is 33.0. The molecular weight excluding hydrogens is 1320 g/mol. The number of thiol groups is 1. The molecule has 0 aromatic rings. The summed E-state index contributed by atoms with van der Waals surface area (Å²) in [6, 6.07) is -5.22. The third kappa shape index (κ3) is 44.2. The molecule has 0 spiro atoms. The second kappa shape index (κ2) is 52.3. The fourth-order valence-electron chi connectivity index (χ4n) is 10.3. The molecular formula is C59H114N30O10S. The van der Waals surface area contributed by atoms with E-state index >= 15 is 0 Å². The standard InChI is InChI=1S/C59H114N30O10S/c1-77-31-38(90)26-33(10-2-18-78-52(61)62)48(96)86-39(14-6-22-82-56(69)70)43(91)27-34(11-3-19-79-53(63)64)49(97)87-40(15-7-23-83-57(71)72)44(92)28-35(12-4-20-80-54(65)66)50(98)88-41(16-8-24-84-58(73)74)45(93)29-36(13-5-21-81-55(67)68)51(99)89-42(17-9-25-85-59(75)76)46(94)30-37(32-100)47(60)95/h33-37,39-42,77,100H,2-32H2,1H3,(H2,60,95)(H,86,96)(H,87,97)(H,88,98)(H,89,99)(H4,61,62,78)(H4,63,64,79)(H4,65,66,80)(H4,67,68,81)(H4,69,70,82)(H4,71,72,83)(H4,73,74,84)(H4,75,76,85)/t33-,34-,35-,36-,37+,39+,40+,41+,42+/m0/s1. The van der Waals surface area contributed by atoms with Crippen molar-refractivity contribution in [1.29, 1.82) is 0 Å². The summed E-state index contributed by atoms with van der Waals surface area (Å²) in [5.41, 5.74) is 94.9. The Bertz CT molecular complexity index is 2840. The van der Waals surface area contributed by atoms with Gasteiger partial charge < -0.3 is 124 Å². The van der Waals surface area contributed by atoms with Crippen LogP contribution in [0.1, 0.15) is 135 Å². The molecule has 0 unspecified atom stereocenters. The number of nitrogens with two attached hydrogens (primary N) is 17. The third-order valence-electron chi connectivity index (χ3n) is 15.4. The molecule has 40 nitrogen and oxygen atoms in total. The van der Waals surface area contributed by atoms with Gasteiger partial charge in [-0.3, -0.25) is 87.9 Å². The maximum atomic E-state index is 15.0. The fraction of sp³-hybridized carbons (Fsp3) is 0.695. The molecule has 9 atom stereocenters. The van der Waals surface area contributed by atoms with Crippen molar-refractivity contribution in [3.05, 3.63) is 0 Å². The number of ketones is 5. The van der Waals surface area contributed by atoms with E-state index in [0.717, 1.165) is 0 Å². The average molecular weight is 1440 g/mol. The Balaban J connectivity index is 7.85. The molecule has 0 heterocycles. The molecule has 0 aliphatic carbocycles. The Labute approximate surface area is 588 Å². The molecule has 0 aromatic carbocycles. The van der Waals surface area contributed by atoms with Crippen LogP contribution in [0, 0.1) is 29.6 Å². The maximum absolute atomic E-state index is 15.0. The van der Waals surface area contributed by atoms with Crippen molar-refractivity contribution in [2.45, 2.75) is 159 Å². The van der Waals surface area contributed by atoms with Crippen LogP contribution in [0.3, 0.4) is 0 Å². The van der Waals surface area contributed by atoms with Gasteiger partial charge in [-0.2, -0.15) is 12.6 Å². The van der Waals surface area contributed by atoms with E-state index in [2.05, 4.69) is 79.2 Å². The van der Waals surface area contributed by atoms with Crippen LogP contribution in [0.4, 0.5) is 0 Å². The average Bonchev–Trinajstić information content (AvgIpc) is 0.867. The van der Waals surface area contributed by atoms with E-state index in [0.29, 0.717) is 6.42 Å². The van der Waals surface area contributed by atoms with Crippen molar-refractivity contribution in [2.75, 3.05) is 71.7 Å². The van der Waals surface area contributed by atoms with Crippen molar-refractivity contribution < 1.29 is 47.9 Å². The van der Waals surface area contributed by atoms with E-state index in [9.17, 15) is 47.9 Å². The number of rotatable bonds is 58. The summed E-state index contributed by atoms with van der Waals surface area (Å²) in [6.07, 6.45) is -1.11. The lowest BCUT2D eigenvalue weighted by Gasteiger charge is -2.27. The highest BCUT2D eigenvalue weighted by atomic mass is 32.1. The maximum Gasteiger partial charge on any atom is 0.224 e. The van der Waals surface area contributed by atoms with Gasteiger partial charge >= 0.3 is 0 Å². The van der Waals surface area contributed by atoms with Crippen LogP contribution in [0.15, 0.2) is 39.9 Å². The normalized spacial score (nSPS) is 13.5. The van der Waals surface area contributed by atoms with Gasteiger partial charge in [0, 0.05) is 114 Å². The van der Waals surface area contributed by atoms with E-state index < -0.39 is 126 Å². The highest BCUT2D eigenvalue weighted by molar-refractivity contribution is 7.80. The van der Waals surface area contributed by atoms with Gasteiger partial charge in [0.25, 0.3) is 0 Å². The molecule has 39 N–H and O–H groups in total. The second-order valence-electron chi connectivity index (χ2n) is 23.9. The van der Waals surface area contributed by atoms with Crippen LogP contribution in [0.2, 0.25) is 0 Å². The minimum Gasteiger partial charge on any atom is -0.370 e. The van der Waals surface area contributed by atoms with Gasteiger partial charge in [0.2, 0.25) is 29.5 Å². The largest absolute Gasteiger partial charge is 0.370 e.